The quantitative estimate of drug-likeness (QED) is 0.448. The number of anilines is 2. The maximum Gasteiger partial charge on any atom is 0.421 e. The van der Waals surface area contributed by atoms with Gasteiger partial charge in [-0.05, 0) is 48.5 Å². The van der Waals surface area contributed by atoms with Gasteiger partial charge in [-0.15, -0.1) is 0 Å². The highest BCUT2D eigenvalue weighted by Gasteiger charge is 2.35. The van der Waals surface area contributed by atoms with Crippen LogP contribution < -0.4 is 10.1 Å². The number of imidazole rings is 1. The Balaban J connectivity index is 1.54. The van der Waals surface area contributed by atoms with Crippen molar-refractivity contribution < 1.29 is 22.3 Å². The summed E-state index contributed by atoms with van der Waals surface area (Å²) in [7, 11) is 1.78. The summed E-state index contributed by atoms with van der Waals surface area (Å²) in [6.45, 7) is 0. The van der Waals surface area contributed by atoms with Gasteiger partial charge in [-0.2, -0.15) is 13.2 Å². The minimum absolute atomic E-state index is 0.201. The Bertz CT molecular complexity index is 1170. The second kappa shape index (κ2) is 7.08. The van der Waals surface area contributed by atoms with Crippen LogP contribution in [0.15, 0.2) is 60.8 Å². The second-order valence-corrected chi connectivity index (χ2v) is 6.23. The van der Waals surface area contributed by atoms with Crippen LogP contribution >= 0.6 is 0 Å². The molecular weight excluding hydrogens is 388 g/mol. The van der Waals surface area contributed by atoms with Crippen LogP contribution in [-0.2, 0) is 13.2 Å². The first-order chi connectivity index (χ1) is 13.8. The van der Waals surface area contributed by atoms with Crippen molar-refractivity contribution in [2.24, 2.45) is 7.05 Å². The Hall–Kier alpha value is -3.62. The molecule has 0 unspecified atom stereocenters. The lowest BCUT2D eigenvalue weighted by molar-refractivity contribution is -0.138. The Kier molecular flexibility index (Phi) is 4.57. The molecule has 148 valence electrons. The fraction of sp³-hybridized carbons (Fsp3) is 0.100. The average Bonchev–Trinajstić information content (AvgIpc) is 2.97. The second-order valence-electron chi connectivity index (χ2n) is 6.23. The molecule has 0 bridgehead atoms. The van der Waals surface area contributed by atoms with Crippen LogP contribution in [0.1, 0.15) is 5.56 Å². The van der Waals surface area contributed by atoms with E-state index in [1.807, 2.05) is 0 Å². The van der Waals surface area contributed by atoms with E-state index in [9.17, 15) is 17.6 Å². The molecule has 0 amide bonds. The number of nitrogens with zero attached hydrogens (tertiary/aromatic N) is 3. The highest BCUT2D eigenvalue weighted by molar-refractivity contribution is 5.79. The van der Waals surface area contributed by atoms with Crippen molar-refractivity contribution in [1.29, 1.82) is 0 Å². The molecule has 0 aliphatic carbocycles. The number of ether oxygens (including phenoxy) is 1. The van der Waals surface area contributed by atoms with Crippen LogP contribution in [0.2, 0.25) is 0 Å². The first-order valence-corrected chi connectivity index (χ1v) is 8.50. The molecule has 5 nitrogen and oxygen atoms in total. The van der Waals surface area contributed by atoms with Crippen molar-refractivity contribution in [1.82, 2.24) is 14.5 Å². The van der Waals surface area contributed by atoms with Gasteiger partial charge in [0.2, 0.25) is 11.8 Å². The van der Waals surface area contributed by atoms with Crippen molar-refractivity contribution in [2.75, 3.05) is 5.32 Å². The van der Waals surface area contributed by atoms with Crippen LogP contribution in [0, 0.1) is 5.82 Å². The predicted octanol–water partition coefficient (Wildman–Crippen LogP) is 5.66. The third-order valence-corrected chi connectivity index (χ3v) is 4.24. The Morgan fingerprint density at radius 1 is 1.03 bits per heavy atom. The summed E-state index contributed by atoms with van der Waals surface area (Å²) in [6, 6.07) is 12.7. The molecule has 0 aliphatic rings. The summed E-state index contributed by atoms with van der Waals surface area (Å²) < 4.78 is 59.6. The Morgan fingerprint density at radius 3 is 2.52 bits per heavy atom. The third-order valence-electron chi connectivity index (χ3n) is 4.24. The molecule has 2 aromatic heterocycles. The molecule has 2 aromatic carbocycles. The standard InChI is InChI=1S/C20H14F4N4O/c1-28-17-9-4-12(21)11-16(17)27-19(28)26-13-5-7-14(8-6-13)29-18-15(20(22,23)24)3-2-10-25-18/h2-11H,1H3,(H,26,27). The summed E-state index contributed by atoms with van der Waals surface area (Å²) >= 11 is 0. The van der Waals surface area contributed by atoms with Gasteiger partial charge in [0.1, 0.15) is 17.1 Å². The number of fused-ring (bicyclic) bond motifs is 1. The van der Waals surface area contributed by atoms with E-state index in [1.165, 1.54) is 36.5 Å². The summed E-state index contributed by atoms with van der Waals surface area (Å²) in [5.41, 5.74) is 0.941. The largest absolute Gasteiger partial charge is 0.438 e. The number of hydrogen-bond donors (Lipinski definition) is 1. The van der Waals surface area contributed by atoms with E-state index in [0.29, 0.717) is 17.2 Å². The number of halogens is 4. The van der Waals surface area contributed by atoms with Gasteiger partial charge in [-0.1, -0.05) is 0 Å². The Labute approximate surface area is 162 Å². The van der Waals surface area contributed by atoms with Gasteiger partial charge in [0, 0.05) is 25.0 Å². The summed E-state index contributed by atoms with van der Waals surface area (Å²) in [4.78, 5) is 8.01. The molecule has 0 radical (unpaired) electrons. The molecule has 4 aromatic rings. The molecule has 0 saturated carbocycles. The average molecular weight is 402 g/mol. The molecule has 9 heteroatoms. The lowest BCUT2D eigenvalue weighted by Crippen LogP contribution is -2.08. The first kappa shape index (κ1) is 18.7. The molecular formula is C20H14F4N4O. The molecule has 0 fully saturated rings. The number of benzene rings is 2. The van der Waals surface area contributed by atoms with Gasteiger partial charge in [-0.25, -0.2) is 14.4 Å². The zero-order valence-electron chi connectivity index (χ0n) is 15.0. The van der Waals surface area contributed by atoms with E-state index < -0.39 is 17.6 Å². The van der Waals surface area contributed by atoms with E-state index in [0.717, 1.165) is 11.6 Å². The highest BCUT2D eigenvalue weighted by Crippen LogP contribution is 2.36. The van der Waals surface area contributed by atoms with Gasteiger partial charge in [0.25, 0.3) is 0 Å². The van der Waals surface area contributed by atoms with Crippen molar-refractivity contribution in [3.8, 4) is 11.6 Å². The van der Waals surface area contributed by atoms with Crippen molar-refractivity contribution >= 4 is 22.7 Å². The maximum atomic E-state index is 13.4. The number of hydrogen-bond acceptors (Lipinski definition) is 4. The molecule has 2 heterocycles. The monoisotopic (exact) mass is 402 g/mol. The number of pyridine rings is 1. The lowest BCUT2D eigenvalue weighted by Gasteiger charge is -2.12. The summed E-state index contributed by atoms with van der Waals surface area (Å²) in [5.74, 6) is -0.204. The smallest absolute Gasteiger partial charge is 0.421 e. The van der Waals surface area contributed by atoms with Crippen molar-refractivity contribution in [3.63, 3.8) is 0 Å². The normalized spacial score (nSPS) is 11.6. The van der Waals surface area contributed by atoms with Gasteiger partial charge < -0.3 is 14.6 Å². The van der Waals surface area contributed by atoms with Gasteiger partial charge in [0.15, 0.2) is 0 Å². The van der Waals surface area contributed by atoms with E-state index in [1.54, 1.807) is 29.8 Å². The number of aromatic nitrogens is 3. The first-order valence-electron chi connectivity index (χ1n) is 8.50. The molecule has 0 saturated heterocycles. The molecule has 1 N–H and O–H groups in total. The topological polar surface area (TPSA) is 52.0 Å². The molecule has 0 spiro atoms. The van der Waals surface area contributed by atoms with Crippen LogP contribution in [0.25, 0.3) is 11.0 Å². The zero-order valence-corrected chi connectivity index (χ0v) is 15.0. The molecule has 29 heavy (non-hydrogen) atoms. The van der Waals surface area contributed by atoms with Crippen LogP contribution in [0.3, 0.4) is 0 Å². The van der Waals surface area contributed by atoms with Gasteiger partial charge in [-0.3, -0.25) is 0 Å². The van der Waals surface area contributed by atoms with Crippen LogP contribution in [0.5, 0.6) is 11.6 Å². The van der Waals surface area contributed by atoms with Gasteiger partial charge in [0.05, 0.1) is 11.0 Å². The van der Waals surface area contributed by atoms with Gasteiger partial charge >= 0.3 is 6.18 Å². The van der Waals surface area contributed by atoms with E-state index in [2.05, 4.69) is 15.3 Å². The van der Waals surface area contributed by atoms with Crippen molar-refractivity contribution in [3.05, 3.63) is 72.2 Å². The molecule has 0 aliphatic heterocycles. The SMILES string of the molecule is Cn1c(Nc2ccc(Oc3ncccc3C(F)(F)F)cc2)nc2cc(F)ccc21. The molecule has 4 rings (SSSR count). The fourth-order valence-corrected chi connectivity index (χ4v) is 2.82. The third kappa shape index (κ3) is 3.84. The van der Waals surface area contributed by atoms with E-state index in [4.69, 9.17) is 4.74 Å². The fourth-order valence-electron chi connectivity index (χ4n) is 2.82. The lowest BCUT2D eigenvalue weighted by atomic mass is 10.2. The van der Waals surface area contributed by atoms with E-state index in [-0.39, 0.29) is 11.6 Å². The number of alkyl halides is 3. The zero-order chi connectivity index (χ0) is 20.6. The minimum Gasteiger partial charge on any atom is -0.438 e. The predicted molar refractivity (Wildman–Crippen MR) is 99.7 cm³/mol. The highest BCUT2D eigenvalue weighted by atomic mass is 19.4. The maximum absolute atomic E-state index is 13.4. The number of aryl methyl sites for hydroxylation is 1. The van der Waals surface area contributed by atoms with Crippen molar-refractivity contribution in [2.45, 2.75) is 6.18 Å². The van der Waals surface area contributed by atoms with Crippen LogP contribution in [-0.4, -0.2) is 14.5 Å². The Morgan fingerprint density at radius 2 is 1.79 bits per heavy atom. The molecule has 0 atom stereocenters. The minimum atomic E-state index is -4.56. The summed E-state index contributed by atoms with van der Waals surface area (Å²) in [6.07, 6.45) is -3.33. The number of nitrogens with one attached hydrogen (secondary N) is 1. The van der Waals surface area contributed by atoms with Crippen LogP contribution in [0.4, 0.5) is 29.2 Å². The number of rotatable bonds is 4. The summed E-state index contributed by atoms with van der Waals surface area (Å²) in [5, 5.41) is 3.09. The van der Waals surface area contributed by atoms with E-state index >= 15 is 0 Å².